The average Bonchev–Trinajstić information content (AvgIpc) is 3.39. The van der Waals surface area contributed by atoms with E-state index in [-0.39, 0.29) is 37.5 Å². The van der Waals surface area contributed by atoms with Gasteiger partial charge in [0.25, 0.3) is 0 Å². The van der Waals surface area contributed by atoms with E-state index in [1.165, 1.54) is 180 Å². The molecule has 0 amide bonds. The quantitative estimate of drug-likeness (QED) is 0.0261. The highest BCUT2D eigenvalue weighted by atomic mass is 16.6. The maximum absolute atomic E-state index is 12.9. The Morgan fingerprint density at radius 3 is 0.918 bits per heavy atom. The number of allylic oxidation sites excluding steroid dienone is 14. The smallest absolute Gasteiger partial charge is 0.306 e. The van der Waals surface area contributed by atoms with E-state index in [0.29, 0.717) is 19.3 Å². The molecule has 0 aliphatic carbocycles. The molecule has 1 atom stereocenters. The van der Waals surface area contributed by atoms with Crippen molar-refractivity contribution in [1.29, 1.82) is 0 Å². The molecule has 0 rings (SSSR count). The first-order chi connectivity index (χ1) is 36.0. The topological polar surface area (TPSA) is 78.9 Å². The number of hydrogen-bond donors (Lipinski definition) is 0. The maximum atomic E-state index is 12.9. The van der Waals surface area contributed by atoms with Gasteiger partial charge < -0.3 is 14.2 Å². The summed E-state index contributed by atoms with van der Waals surface area (Å²) >= 11 is 0. The molecule has 6 heteroatoms. The molecule has 0 saturated heterocycles. The average molecular weight is 1020 g/mol. The summed E-state index contributed by atoms with van der Waals surface area (Å²) in [6, 6.07) is 0. The van der Waals surface area contributed by atoms with Gasteiger partial charge in [0.15, 0.2) is 6.10 Å². The second kappa shape index (κ2) is 61.1. The minimum Gasteiger partial charge on any atom is -0.462 e. The molecular weight excluding hydrogens is 901 g/mol. The monoisotopic (exact) mass is 1020 g/mol. The molecule has 0 fully saturated rings. The minimum atomic E-state index is -0.806. The number of ether oxygens (including phenoxy) is 3. The van der Waals surface area contributed by atoms with Crippen LogP contribution in [0.3, 0.4) is 0 Å². The molecule has 0 heterocycles. The summed E-state index contributed by atoms with van der Waals surface area (Å²) in [6.07, 6.45) is 80.3. The maximum Gasteiger partial charge on any atom is 0.306 e. The number of unbranched alkanes of at least 4 members (excludes halogenated alkanes) is 31. The molecule has 6 nitrogen and oxygen atoms in total. The van der Waals surface area contributed by atoms with Gasteiger partial charge in [0.1, 0.15) is 13.2 Å². The van der Waals surface area contributed by atoms with Crippen LogP contribution in [-0.4, -0.2) is 37.2 Å². The zero-order valence-electron chi connectivity index (χ0n) is 48.1. The summed E-state index contributed by atoms with van der Waals surface area (Å²) in [4.78, 5) is 38.2. The largest absolute Gasteiger partial charge is 0.462 e. The molecule has 0 radical (unpaired) electrons. The van der Waals surface area contributed by atoms with Gasteiger partial charge in [-0.2, -0.15) is 0 Å². The summed E-state index contributed by atoms with van der Waals surface area (Å²) in [5, 5.41) is 0. The molecule has 0 aromatic carbocycles. The fourth-order valence-electron chi connectivity index (χ4n) is 8.76. The van der Waals surface area contributed by atoms with E-state index in [4.69, 9.17) is 14.2 Å². The van der Waals surface area contributed by atoms with Gasteiger partial charge in [-0.15, -0.1) is 0 Å². The predicted molar refractivity (Wildman–Crippen MR) is 316 cm³/mol. The Hall–Kier alpha value is -3.41. The Bertz CT molecular complexity index is 1400. The first kappa shape index (κ1) is 69.6. The third kappa shape index (κ3) is 59.3. The molecule has 0 aromatic rings. The molecule has 73 heavy (non-hydrogen) atoms. The van der Waals surface area contributed by atoms with Gasteiger partial charge in [-0.05, 0) is 83.5 Å². The molecule has 420 valence electrons. The Kier molecular flexibility index (Phi) is 58.3. The Morgan fingerprint density at radius 2 is 0.562 bits per heavy atom. The molecule has 0 aliphatic rings. The van der Waals surface area contributed by atoms with E-state index < -0.39 is 6.10 Å². The van der Waals surface area contributed by atoms with Crippen molar-refractivity contribution in [3.05, 3.63) is 85.1 Å². The van der Waals surface area contributed by atoms with Crippen molar-refractivity contribution in [3.63, 3.8) is 0 Å². The van der Waals surface area contributed by atoms with Crippen molar-refractivity contribution in [2.75, 3.05) is 13.2 Å². The summed E-state index contributed by atoms with van der Waals surface area (Å²) in [5.74, 6) is -0.975. The van der Waals surface area contributed by atoms with Crippen LogP contribution in [0.25, 0.3) is 0 Å². The van der Waals surface area contributed by atoms with Crippen LogP contribution in [0, 0.1) is 0 Å². The molecule has 0 aromatic heterocycles. The van der Waals surface area contributed by atoms with Crippen molar-refractivity contribution in [2.24, 2.45) is 0 Å². The molecule has 0 N–H and O–H groups in total. The lowest BCUT2D eigenvalue weighted by Gasteiger charge is -2.18. The second-order valence-electron chi connectivity index (χ2n) is 20.6. The van der Waals surface area contributed by atoms with Crippen LogP contribution < -0.4 is 0 Å². The van der Waals surface area contributed by atoms with Crippen molar-refractivity contribution in [2.45, 2.75) is 309 Å². The fraction of sp³-hybridized carbons (Fsp3) is 0.746. The zero-order valence-corrected chi connectivity index (χ0v) is 48.1. The Morgan fingerprint density at radius 1 is 0.288 bits per heavy atom. The van der Waals surface area contributed by atoms with E-state index in [1.807, 2.05) is 6.08 Å². The standard InChI is InChI=1S/C67H116O6/c1-4-7-10-13-16-19-22-25-27-29-30-31-32-33-34-35-36-38-39-42-45-48-51-54-57-60-66(69)72-63-64(62-71-65(68)59-56-53-50-47-44-41-24-21-18-15-12-9-6-3)73-67(70)61-58-55-52-49-46-43-40-37-28-26-23-20-17-14-11-8-5-2/h9,12,18,21-22,25,29-30,32-33,41,44,50,53,64H,4-8,10-11,13-17,19-20,23-24,26-28,31,34-40,42-43,45-49,51-52,54-63H2,1-3H3/b12-9-,21-18-,25-22-,30-29-,33-32-,44-41-,53-50-. The van der Waals surface area contributed by atoms with Crippen molar-refractivity contribution in [1.82, 2.24) is 0 Å². The highest BCUT2D eigenvalue weighted by Crippen LogP contribution is 2.16. The number of esters is 3. The predicted octanol–water partition coefficient (Wildman–Crippen LogP) is 21.1. The van der Waals surface area contributed by atoms with Gasteiger partial charge in [-0.25, -0.2) is 0 Å². The molecule has 0 spiro atoms. The summed E-state index contributed by atoms with van der Waals surface area (Å²) < 4.78 is 16.8. The van der Waals surface area contributed by atoms with E-state index in [0.717, 1.165) is 77.0 Å². The first-order valence-electron chi connectivity index (χ1n) is 31.1. The van der Waals surface area contributed by atoms with E-state index in [2.05, 4.69) is 99.8 Å². The van der Waals surface area contributed by atoms with E-state index in [1.54, 1.807) is 0 Å². The third-order valence-corrected chi connectivity index (χ3v) is 13.4. The van der Waals surface area contributed by atoms with Gasteiger partial charge in [0.2, 0.25) is 0 Å². The van der Waals surface area contributed by atoms with Gasteiger partial charge in [0, 0.05) is 19.3 Å². The summed E-state index contributed by atoms with van der Waals surface area (Å²) in [6.45, 7) is 6.48. The van der Waals surface area contributed by atoms with Crippen LogP contribution in [0.5, 0.6) is 0 Å². The van der Waals surface area contributed by atoms with Crippen LogP contribution in [-0.2, 0) is 28.6 Å². The fourth-order valence-corrected chi connectivity index (χ4v) is 8.76. The second-order valence-corrected chi connectivity index (χ2v) is 20.6. The SMILES string of the molecule is CC/C=C\C/C=C\C/C=C\C/C=C\CCC(=O)OCC(COC(=O)CCCCCCCCCCCC/C=C\C/C=C\C/C=C\CCCCCCC)OC(=O)CCCCCCCCCCCCCCCCCCC. The summed E-state index contributed by atoms with van der Waals surface area (Å²) in [7, 11) is 0. The normalized spacial score (nSPS) is 12.6. The van der Waals surface area contributed by atoms with Crippen LogP contribution in [0.1, 0.15) is 303 Å². The molecule has 1 unspecified atom stereocenters. The highest BCUT2D eigenvalue weighted by Gasteiger charge is 2.19. The first-order valence-corrected chi connectivity index (χ1v) is 31.1. The van der Waals surface area contributed by atoms with Gasteiger partial charge in [-0.3, -0.25) is 14.4 Å². The zero-order chi connectivity index (χ0) is 52.9. The molecule has 0 saturated carbocycles. The molecule has 0 bridgehead atoms. The lowest BCUT2D eigenvalue weighted by Crippen LogP contribution is -2.30. The molecular formula is C67H116O6. The van der Waals surface area contributed by atoms with Crippen LogP contribution in [0.2, 0.25) is 0 Å². The lowest BCUT2D eigenvalue weighted by atomic mass is 10.0. The summed E-state index contributed by atoms with van der Waals surface area (Å²) in [5.41, 5.74) is 0. The minimum absolute atomic E-state index is 0.0984. The number of carbonyl (C=O) groups excluding carboxylic acids is 3. The Balaban J connectivity index is 4.34. The number of carbonyl (C=O) groups is 3. The third-order valence-electron chi connectivity index (χ3n) is 13.4. The van der Waals surface area contributed by atoms with Crippen LogP contribution in [0.15, 0.2) is 85.1 Å². The Labute approximate surface area is 452 Å². The van der Waals surface area contributed by atoms with Crippen LogP contribution in [0.4, 0.5) is 0 Å². The van der Waals surface area contributed by atoms with Gasteiger partial charge >= 0.3 is 17.9 Å². The van der Waals surface area contributed by atoms with Crippen LogP contribution >= 0.6 is 0 Å². The highest BCUT2D eigenvalue weighted by molar-refractivity contribution is 5.71. The lowest BCUT2D eigenvalue weighted by molar-refractivity contribution is -0.166. The van der Waals surface area contributed by atoms with Gasteiger partial charge in [0.05, 0.1) is 0 Å². The van der Waals surface area contributed by atoms with Crippen molar-refractivity contribution >= 4 is 17.9 Å². The number of hydrogen-bond acceptors (Lipinski definition) is 6. The van der Waals surface area contributed by atoms with Gasteiger partial charge in [-0.1, -0.05) is 286 Å². The van der Waals surface area contributed by atoms with Crippen molar-refractivity contribution in [3.8, 4) is 0 Å². The molecule has 0 aliphatic heterocycles. The van der Waals surface area contributed by atoms with Crippen molar-refractivity contribution < 1.29 is 28.6 Å². The number of rotatable bonds is 56. The van der Waals surface area contributed by atoms with E-state index in [9.17, 15) is 14.4 Å². The van der Waals surface area contributed by atoms with E-state index >= 15 is 0 Å².